The van der Waals surface area contributed by atoms with E-state index >= 15 is 0 Å². The minimum Gasteiger partial charge on any atom is -0.475 e. The van der Waals surface area contributed by atoms with E-state index in [1.807, 2.05) is 13.8 Å². The first kappa shape index (κ1) is 13.7. The Bertz CT molecular complexity index is 384. The minimum atomic E-state index is -1.06. The number of carboxylic acids is 1. The number of hydrogen-bond donors (Lipinski definition) is 3. The zero-order valence-corrected chi connectivity index (χ0v) is 10.4. The van der Waals surface area contributed by atoms with Crippen LogP contribution in [0.4, 0.5) is 0 Å². The topological polar surface area (TPSA) is 82.7 Å². The Hall–Kier alpha value is -1.33. The lowest BCUT2D eigenvalue weighted by atomic mass is 10.1. The summed E-state index contributed by atoms with van der Waals surface area (Å²) in [6.07, 6.45) is 0. The smallest absolute Gasteiger partial charge is 0.372 e. The highest BCUT2D eigenvalue weighted by Gasteiger charge is 2.16. The van der Waals surface area contributed by atoms with Crippen LogP contribution in [-0.4, -0.2) is 28.8 Å². The van der Waals surface area contributed by atoms with Gasteiger partial charge in [0.15, 0.2) is 0 Å². The Balaban J connectivity index is 2.63. The predicted molar refractivity (Wildman–Crippen MR) is 63.0 cm³/mol. The van der Waals surface area contributed by atoms with Crippen LogP contribution >= 0.6 is 0 Å². The Morgan fingerprint density at radius 3 is 2.59 bits per heavy atom. The summed E-state index contributed by atoms with van der Waals surface area (Å²) in [4.78, 5) is 10.8. The third-order valence-corrected chi connectivity index (χ3v) is 2.70. The number of furan rings is 1. The van der Waals surface area contributed by atoms with Gasteiger partial charge in [-0.3, -0.25) is 0 Å². The lowest BCUT2D eigenvalue weighted by molar-refractivity contribution is 0.0658. The van der Waals surface area contributed by atoms with Crippen molar-refractivity contribution >= 4 is 5.97 Å². The molecule has 0 radical (unpaired) electrons. The zero-order valence-electron chi connectivity index (χ0n) is 10.4. The van der Waals surface area contributed by atoms with E-state index in [-0.39, 0.29) is 18.4 Å². The third-order valence-electron chi connectivity index (χ3n) is 2.70. The quantitative estimate of drug-likeness (QED) is 0.701. The lowest BCUT2D eigenvalue weighted by Gasteiger charge is -2.18. The molecule has 5 heteroatoms. The minimum absolute atomic E-state index is 0.0197. The maximum Gasteiger partial charge on any atom is 0.372 e. The van der Waals surface area contributed by atoms with Crippen LogP contribution in [0.15, 0.2) is 10.5 Å². The highest BCUT2D eigenvalue weighted by Crippen LogP contribution is 2.15. The number of nitrogens with one attached hydrogen (secondary N) is 1. The molecule has 1 aromatic rings. The van der Waals surface area contributed by atoms with E-state index in [0.29, 0.717) is 23.8 Å². The maximum absolute atomic E-state index is 10.8. The number of aliphatic hydroxyl groups excluding tert-OH is 1. The summed E-state index contributed by atoms with van der Waals surface area (Å²) in [5, 5.41) is 21.1. The van der Waals surface area contributed by atoms with Gasteiger partial charge in [-0.25, -0.2) is 4.79 Å². The van der Waals surface area contributed by atoms with Gasteiger partial charge in [0.2, 0.25) is 5.76 Å². The van der Waals surface area contributed by atoms with Crippen molar-refractivity contribution in [1.29, 1.82) is 0 Å². The highest BCUT2D eigenvalue weighted by atomic mass is 16.4. The van der Waals surface area contributed by atoms with E-state index in [9.17, 15) is 4.79 Å². The van der Waals surface area contributed by atoms with E-state index < -0.39 is 5.97 Å². The van der Waals surface area contributed by atoms with Gasteiger partial charge in [0.1, 0.15) is 5.76 Å². The molecule has 96 valence electrons. The van der Waals surface area contributed by atoms with Gasteiger partial charge in [-0.2, -0.15) is 0 Å². The summed E-state index contributed by atoms with van der Waals surface area (Å²) < 4.78 is 5.21. The van der Waals surface area contributed by atoms with Crippen molar-refractivity contribution in [2.45, 2.75) is 33.4 Å². The van der Waals surface area contributed by atoms with Crippen molar-refractivity contribution in [3.8, 4) is 0 Å². The molecule has 17 heavy (non-hydrogen) atoms. The normalized spacial score (nSPS) is 13.0. The number of aryl methyl sites for hydroxylation is 1. The van der Waals surface area contributed by atoms with Crippen LogP contribution in [0.5, 0.6) is 0 Å². The summed E-state index contributed by atoms with van der Waals surface area (Å²) in [5.41, 5.74) is 0.611. The van der Waals surface area contributed by atoms with Crippen molar-refractivity contribution < 1.29 is 19.4 Å². The lowest BCUT2D eigenvalue weighted by Crippen LogP contribution is -2.36. The number of rotatable bonds is 6. The average molecular weight is 241 g/mol. The van der Waals surface area contributed by atoms with E-state index in [1.165, 1.54) is 0 Å². The Morgan fingerprint density at radius 2 is 2.18 bits per heavy atom. The van der Waals surface area contributed by atoms with Crippen molar-refractivity contribution in [2.24, 2.45) is 5.92 Å². The van der Waals surface area contributed by atoms with Crippen molar-refractivity contribution in [3.63, 3.8) is 0 Å². The number of aromatic carboxylic acids is 1. The van der Waals surface area contributed by atoms with E-state index in [1.54, 1.807) is 13.0 Å². The molecule has 0 saturated carbocycles. The highest BCUT2D eigenvalue weighted by molar-refractivity contribution is 5.86. The van der Waals surface area contributed by atoms with Crippen molar-refractivity contribution in [3.05, 3.63) is 23.2 Å². The van der Waals surface area contributed by atoms with Gasteiger partial charge in [-0.15, -0.1) is 0 Å². The Morgan fingerprint density at radius 1 is 1.53 bits per heavy atom. The zero-order chi connectivity index (χ0) is 13.0. The van der Waals surface area contributed by atoms with Crippen molar-refractivity contribution in [1.82, 2.24) is 5.32 Å². The second-order valence-corrected chi connectivity index (χ2v) is 4.44. The molecular weight excluding hydrogens is 222 g/mol. The molecule has 0 amide bonds. The molecule has 1 atom stereocenters. The molecular formula is C12H19NO4. The van der Waals surface area contributed by atoms with Crippen LogP contribution in [0.25, 0.3) is 0 Å². The maximum atomic E-state index is 10.8. The largest absolute Gasteiger partial charge is 0.475 e. The predicted octanol–water partition coefficient (Wildman–Crippen LogP) is 1.39. The van der Waals surface area contributed by atoms with Gasteiger partial charge in [0, 0.05) is 11.6 Å². The summed E-state index contributed by atoms with van der Waals surface area (Å²) >= 11 is 0. The van der Waals surface area contributed by atoms with Crippen LogP contribution in [0.2, 0.25) is 0 Å². The molecule has 0 aromatic carbocycles. The van der Waals surface area contributed by atoms with Gasteiger partial charge in [0.05, 0.1) is 13.2 Å². The van der Waals surface area contributed by atoms with Gasteiger partial charge >= 0.3 is 5.97 Å². The third kappa shape index (κ3) is 3.57. The molecule has 1 aromatic heterocycles. The van der Waals surface area contributed by atoms with Crippen LogP contribution in [0.1, 0.15) is 35.7 Å². The molecule has 0 aliphatic heterocycles. The second kappa shape index (κ2) is 5.84. The Kier molecular flexibility index (Phi) is 4.72. The molecule has 0 aliphatic rings. The van der Waals surface area contributed by atoms with Crippen LogP contribution < -0.4 is 5.32 Å². The number of aliphatic hydroxyl groups is 1. The fourth-order valence-corrected chi connectivity index (χ4v) is 1.59. The van der Waals surface area contributed by atoms with Gasteiger partial charge in [-0.1, -0.05) is 13.8 Å². The first-order valence-electron chi connectivity index (χ1n) is 5.62. The van der Waals surface area contributed by atoms with Crippen molar-refractivity contribution in [2.75, 3.05) is 6.61 Å². The molecule has 1 heterocycles. The average Bonchev–Trinajstić information content (AvgIpc) is 2.60. The van der Waals surface area contributed by atoms with E-state index in [2.05, 4.69) is 5.32 Å². The fraction of sp³-hybridized carbons (Fsp3) is 0.583. The molecule has 0 saturated heterocycles. The molecule has 0 bridgehead atoms. The molecule has 0 spiro atoms. The van der Waals surface area contributed by atoms with Gasteiger partial charge < -0.3 is 19.9 Å². The van der Waals surface area contributed by atoms with Crippen LogP contribution in [-0.2, 0) is 6.54 Å². The molecule has 1 rings (SSSR count). The number of hydrogen-bond acceptors (Lipinski definition) is 4. The summed E-state index contributed by atoms with van der Waals surface area (Å²) in [5.74, 6) is -0.211. The van der Waals surface area contributed by atoms with Crippen LogP contribution in [0.3, 0.4) is 0 Å². The fourth-order valence-electron chi connectivity index (χ4n) is 1.59. The summed E-state index contributed by atoms with van der Waals surface area (Å²) in [6.45, 7) is 6.16. The van der Waals surface area contributed by atoms with Crippen LogP contribution in [0, 0.1) is 12.8 Å². The SMILES string of the molecule is Cc1cc(CNC(CO)C(C)C)oc1C(=O)O. The van der Waals surface area contributed by atoms with Gasteiger partial charge in [-0.05, 0) is 18.9 Å². The molecule has 0 aliphatic carbocycles. The second-order valence-electron chi connectivity index (χ2n) is 4.44. The summed E-state index contributed by atoms with van der Waals surface area (Å²) in [6, 6.07) is 1.68. The molecule has 0 fully saturated rings. The monoisotopic (exact) mass is 241 g/mol. The first-order chi connectivity index (χ1) is 7.95. The molecule has 3 N–H and O–H groups in total. The van der Waals surface area contributed by atoms with Gasteiger partial charge in [0.25, 0.3) is 0 Å². The van der Waals surface area contributed by atoms with E-state index in [0.717, 1.165) is 0 Å². The first-order valence-corrected chi connectivity index (χ1v) is 5.62. The number of carbonyl (C=O) groups is 1. The Labute approximate surface area is 100 Å². The molecule has 1 unspecified atom stereocenters. The van der Waals surface area contributed by atoms with E-state index in [4.69, 9.17) is 14.6 Å². The summed E-state index contributed by atoms with van der Waals surface area (Å²) in [7, 11) is 0. The molecule has 5 nitrogen and oxygen atoms in total. The standard InChI is InChI=1S/C12H19NO4/c1-7(2)10(6-14)13-5-9-4-8(3)11(17-9)12(15)16/h4,7,10,13-14H,5-6H2,1-3H3,(H,15,16). The number of carboxylic acid groups (broad SMARTS) is 1.